The van der Waals surface area contributed by atoms with Crippen LogP contribution < -0.4 is 16.5 Å². The van der Waals surface area contributed by atoms with Crippen molar-refractivity contribution in [3.8, 4) is 0 Å². The van der Waals surface area contributed by atoms with E-state index in [2.05, 4.69) is 5.32 Å². The molecule has 0 unspecified atom stereocenters. The number of rotatable bonds is 7. The fraction of sp³-hybridized carbons (Fsp3) is 0.176. The van der Waals surface area contributed by atoms with Crippen LogP contribution in [0.3, 0.4) is 0 Å². The lowest BCUT2D eigenvalue weighted by atomic mass is 9.79. The van der Waals surface area contributed by atoms with Gasteiger partial charge in [-0.3, -0.25) is 9.59 Å². The highest BCUT2D eigenvalue weighted by atomic mass is 16.4. The number of carboxylic acid groups (broad SMARTS) is 1. The van der Waals surface area contributed by atoms with Crippen LogP contribution in [-0.4, -0.2) is 40.2 Å². The number of hydrogen-bond donors (Lipinski definition) is 5. The van der Waals surface area contributed by atoms with E-state index in [0.717, 1.165) is 5.56 Å². The van der Waals surface area contributed by atoms with Crippen LogP contribution in [0.15, 0.2) is 48.5 Å². The molecule has 0 heterocycles. The highest BCUT2D eigenvalue weighted by Crippen LogP contribution is 2.14. The molecule has 25 heavy (non-hydrogen) atoms. The summed E-state index contributed by atoms with van der Waals surface area (Å²) in [5.74, 6) is -1.43. The normalized spacial score (nSPS) is 11.6. The fourth-order valence-electron chi connectivity index (χ4n) is 2.29. The maximum atomic E-state index is 12.3. The zero-order chi connectivity index (χ0) is 18.4. The average molecular weight is 342 g/mol. The molecule has 0 radical (unpaired) electrons. The molecular weight excluding hydrogens is 323 g/mol. The molecule has 2 aromatic rings. The van der Waals surface area contributed by atoms with Gasteiger partial charge in [-0.2, -0.15) is 0 Å². The van der Waals surface area contributed by atoms with Crippen LogP contribution in [0.2, 0.25) is 0 Å². The standard InChI is InChI=1S/C17H19BN2O5/c19-15(17(22)23)8-7-11-3-1-6-14(9-11)20-16(21)12-4-2-5-13(10-12)18(24)25/h1-6,9-10,15,24-25H,7-8,19H2,(H,20,21)(H,22,23)/t15-/m0/s1. The topological polar surface area (TPSA) is 133 Å². The molecule has 0 fully saturated rings. The summed E-state index contributed by atoms with van der Waals surface area (Å²) < 4.78 is 0. The molecule has 7 nitrogen and oxygen atoms in total. The minimum absolute atomic E-state index is 0.226. The Morgan fingerprint density at radius 1 is 1.12 bits per heavy atom. The molecule has 6 N–H and O–H groups in total. The van der Waals surface area contributed by atoms with E-state index >= 15 is 0 Å². The second-order valence-electron chi connectivity index (χ2n) is 5.64. The van der Waals surface area contributed by atoms with Gasteiger partial charge in [0.25, 0.3) is 5.91 Å². The molecule has 0 spiro atoms. The summed E-state index contributed by atoms with van der Waals surface area (Å²) in [7, 11) is -1.64. The molecule has 0 aliphatic heterocycles. The fourth-order valence-corrected chi connectivity index (χ4v) is 2.29. The molecule has 0 aliphatic rings. The monoisotopic (exact) mass is 342 g/mol. The number of nitrogens with two attached hydrogens (primary N) is 1. The first kappa shape index (κ1) is 18.7. The summed E-state index contributed by atoms with van der Waals surface area (Å²) in [6.45, 7) is 0. The average Bonchev–Trinajstić information content (AvgIpc) is 2.60. The lowest BCUT2D eigenvalue weighted by molar-refractivity contribution is -0.138. The van der Waals surface area contributed by atoms with Gasteiger partial charge in [0.05, 0.1) is 0 Å². The first-order valence-electron chi connectivity index (χ1n) is 7.71. The van der Waals surface area contributed by atoms with E-state index < -0.39 is 19.1 Å². The predicted octanol–water partition coefficient (Wildman–Crippen LogP) is -0.0368. The molecular formula is C17H19BN2O5. The molecule has 0 aromatic heterocycles. The Morgan fingerprint density at radius 3 is 2.52 bits per heavy atom. The highest BCUT2D eigenvalue weighted by Gasteiger charge is 2.14. The van der Waals surface area contributed by atoms with Crippen LogP contribution in [0.25, 0.3) is 0 Å². The third-order valence-corrected chi connectivity index (χ3v) is 3.69. The van der Waals surface area contributed by atoms with Gasteiger partial charge in [0, 0.05) is 11.3 Å². The minimum Gasteiger partial charge on any atom is -0.480 e. The third kappa shape index (κ3) is 5.42. The Labute approximate surface area is 145 Å². The second kappa shape index (κ2) is 8.43. The van der Waals surface area contributed by atoms with Crippen molar-refractivity contribution >= 4 is 30.1 Å². The first-order chi connectivity index (χ1) is 11.9. The number of aliphatic carboxylic acids is 1. The molecule has 8 heteroatoms. The molecule has 0 bridgehead atoms. The number of aryl methyl sites for hydroxylation is 1. The third-order valence-electron chi connectivity index (χ3n) is 3.69. The van der Waals surface area contributed by atoms with Gasteiger partial charge in [-0.25, -0.2) is 0 Å². The van der Waals surface area contributed by atoms with Crippen molar-refractivity contribution in [3.05, 3.63) is 59.7 Å². The molecule has 0 aliphatic carbocycles. The van der Waals surface area contributed by atoms with E-state index in [-0.39, 0.29) is 11.4 Å². The maximum Gasteiger partial charge on any atom is 0.488 e. The summed E-state index contributed by atoms with van der Waals surface area (Å²) in [5, 5.41) is 29.9. The van der Waals surface area contributed by atoms with Crippen LogP contribution >= 0.6 is 0 Å². The van der Waals surface area contributed by atoms with Crippen LogP contribution in [0.4, 0.5) is 5.69 Å². The quantitative estimate of drug-likeness (QED) is 0.449. The van der Waals surface area contributed by atoms with Crippen molar-refractivity contribution in [3.63, 3.8) is 0 Å². The van der Waals surface area contributed by atoms with E-state index in [9.17, 15) is 19.6 Å². The molecule has 2 aromatic carbocycles. The van der Waals surface area contributed by atoms with Crippen molar-refractivity contribution in [2.45, 2.75) is 18.9 Å². The van der Waals surface area contributed by atoms with Gasteiger partial charge in [-0.1, -0.05) is 24.3 Å². The van der Waals surface area contributed by atoms with Crippen LogP contribution in [-0.2, 0) is 11.2 Å². The summed E-state index contributed by atoms with van der Waals surface area (Å²) in [5.41, 5.74) is 7.42. The number of anilines is 1. The van der Waals surface area contributed by atoms with E-state index in [0.29, 0.717) is 24.1 Å². The van der Waals surface area contributed by atoms with Crippen molar-refractivity contribution in [2.24, 2.45) is 5.73 Å². The summed E-state index contributed by atoms with van der Waals surface area (Å²) in [6.07, 6.45) is 0.770. The van der Waals surface area contributed by atoms with Crippen LogP contribution in [0.1, 0.15) is 22.3 Å². The first-order valence-corrected chi connectivity index (χ1v) is 7.71. The lowest BCUT2D eigenvalue weighted by Gasteiger charge is -2.10. The van der Waals surface area contributed by atoms with Crippen LogP contribution in [0.5, 0.6) is 0 Å². The number of amides is 1. The van der Waals surface area contributed by atoms with E-state index in [1.54, 1.807) is 30.3 Å². The van der Waals surface area contributed by atoms with E-state index in [4.69, 9.17) is 10.8 Å². The van der Waals surface area contributed by atoms with Crippen LogP contribution in [0, 0.1) is 0 Å². The molecule has 0 saturated heterocycles. The maximum absolute atomic E-state index is 12.3. The van der Waals surface area contributed by atoms with E-state index in [1.165, 1.54) is 12.1 Å². The number of carboxylic acids is 1. The minimum atomic E-state index is -1.64. The van der Waals surface area contributed by atoms with Crippen molar-refractivity contribution in [1.29, 1.82) is 0 Å². The van der Waals surface area contributed by atoms with Gasteiger partial charge in [0.15, 0.2) is 0 Å². The Kier molecular flexibility index (Phi) is 6.29. The summed E-state index contributed by atoms with van der Waals surface area (Å²) >= 11 is 0. The van der Waals surface area contributed by atoms with Gasteiger partial charge in [0.2, 0.25) is 0 Å². The highest BCUT2D eigenvalue weighted by molar-refractivity contribution is 6.58. The van der Waals surface area contributed by atoms with E-state index in [1.807, 2.05) is 6.07 Å². The number of benzene rings is 2. The Morgan fingerprint density at radius 2 is 1.84 bits per heavy atom. The predicted molar refractivity (Wildman–Crippen MR) is 94.6 cm³/mol. The van der Waals surface area contributed by atoms with Crippen molar-refractivity contribution in [1.82, 2.24) is 0 Å². The van der Waals surface area contributed by atoms with Gasteiger partial charge in [-0.05, 0) is 48.1 Å². The Bertz CT molecular complexity index is 766. The van der Waals surface area contributed by atoms with Gasteiger partial charge in [-0.15, -0.1) is 0 Å². The molecule has 1 atom stereocenters. The Hall–Kier alpha value is -2.68. The SMILES string of the molecule is N[C@@H](CCc1cccc(NC(=O)c2cccc(B(O)O)c2)c1)C(=O)O. The van der Waals surface area contributed by atoms with Gasteiger partial charge >= 0.3 is 13.1 Å². The van der Waals surface area contributed by atoms with Gasteiger partial charge in [0.1, 0.15) is 6.04 Å². The molecule has 0 saturated carbocycles. The van der Waals surface area contributed by atoms with Gasteiger partial charge < -0.3 is 26.2 Å². The smallest absolute Gasteiger partial charge is 0.480 e. The number of carbonyl (C=O) groups is 2. The largest absolute Gasteiger partial charge is 0.488 e. The number of carbonyl (C=O) groups excluding carboxylic acids is 1. The lowest BCUT2D eigenvalue weighted by Crippen LogP contribution is -2.30. The zero-order valence-electron chi connectivity index (χ0n) is 13.4. The van der Waals surface area contributed by atoms with Crippen molar-refractivity contribution < 1.29 is 24.7 Å². The number of hydrogen-bond acceptors (Lipinski definition) is 5. The van der Waals surface area contributed by atoms with Crippen molar-refractivity contribution in [2.75, 3.05) is 5.32 Å². The molecule has 2 rings (SSSR count). The molecule has 130 valence electrons. The molecule has 1 amide bonds. The summed E-state index contributed by atoms with van der Waals surface area (Å²) in [4.78, 5) is 23.0. The Balaban J connectivity index is 2.05. The zero-order valence-corrected chi connectivity index (χ0v) is 13.4. The second-order valence-corrected chi connectivity index (χ2v) is 5.64. The number of nitrogens with one attached hydrogen (secondary N) is 1. The summed E-state index contributed by atoms with van der Waals surface area (Å²) in [6, 6.07) is 12.2.